The fraction of sp³-hybridized carbons (Fsp3) is 0.571. The van der Waals surface area contributed by atoms with Gasteiger partial charge in [0.2, 0.25) is 0 Å². The van der Waals surface area contributed by atoms with Crippen LogP contribution >= 0.6 is 11.6 Å². The van der Waals surface area contributed by atoms with Crippen molar-refractivity contribution in [2.75, 3.05) is 14.2 Å². The van der Waals surface area contributed by atoms with Crippen molar-refractivity contribution in [2.45, 2.75) is 37.6 Å². The van der Waals surface area contributed by atoms with E-state index in [9.17, 15) is 0 Å². The second kappa shape index (κ2) is 5.74. The van der Waals surface area contributed by atoms with Crippen molar-refractivity contribution in [3.05, 3.63) is 28.8 Å². The van der Waals surface area contributed by atoms with Gasteiger partial charge < -0.3 is 10.1 Å². The number of methoxy groups -OCH3 is 1. The number of benzene rings is 1. The summed E-state index contributed by atoms with van der Waals surface area (Å²) in [6, 6.07) is 6.74. The van der Waals surface area contributed by atoms with Crippen molar-refractivity contribution in [2.24, 2.45) is 0 Å². The molecule has 1 aromatic carbocycles. The smallest absolute Gasteiger partial charge is 0.137 e. The fourth-order valence-corrected chi connectivity index (χ4v) is 2.98. The molecule has 0 radical (unpaired) electrons. The summed E-state index contributed by atoms with van der Waals surface area (Å²) >= 11 is 6.06. The molecule has 0 heterocycles. The molecule has 0 aromatic heterocycles. The Morgan fingerprint density at radius 2 is 2.06 bits per heavy atom. The summed E-state index contributed by atoms with van der Waals surface area (Å²) < 4.78 is 5.29. The van der Waals surface area contributed by atoms with Gasteiger partial charge in [0.15, 0.2) is 0 Å². The Hall–Kier alpha value is -0.730. The molecule has 2 rings (SSSR count). The highest BCUT2D eigenvalue weighted by atomic mass is 35.5. The first-order chi connectivity index (χ1) is 8.26. The Kier molecular flexibility index (Phi) is 4.30. The number of hydrogen-bond acceptors (Lipinski definition) is 2. The number of rotatable bonds is 3. The SMILES string of the molecule is CNC1CCCCC1c1ccc(Cl)c(OC)c1. The molecule has 2 atom stereocenters. The zero-order valence-electron chi connectivity index (χ0n) is 10.5. The average Bonchev–Trinajstić information content (AvgIpc) is 2.39. The van der Waals surface area contributed by atoms with Crippen LogP contribution in [-0.2, 0) is 0 Å². The predicted molar refractivity (Wildman–Crippen MR) is 72.1 cm³/mol. The van der Waals surface area contributed by atoms with E-state index in [0.29, 0.717) is 17.0 Å². The summed E-state index contributed by atoms with van der Waals surface area (Å²) in [4.78, 5) is 0. The normalized spacial score (nSPS) is 24.6. The minimum atomic E-state index is 0.578. The highest BCUT2D eigenvalue weighted by molar-refractivity contribution is 6.32. The van der Waals surface area contributed by atoms with Crippen LogP contribution in [0.5, 0.6) is 5.75 Å². The van der Waals surface area contributed by atoms with Gasteiger partial charge in [0.1, 0.15) is 5.75 Å². The van der Waals surface area contributed by atoms with Gasteiger partial charge in [0.05, 0.1) is 12.1 Å². The van der Waals surface area contributed by atoms with E-state index in [1.807, 2.05) is 6.07 Å². The summed E-state index contributed by atoms with van der Waals surface area (Å²) in [7, 11) is 3.72. The molecule has 0 spiro atoms. The quantitative estimate of drug-likeness (QED) is 0.889. The lowest BCUT2D eigenvalue weighted by Crippen LogP contribution is -2.34. The molecule has 1 N–H and O–H groups in total. The third-order valence-corrected chi connectivity index (χ3v) is 4.05. The van der Waals surface area contributed by atoms with Crippen molar-refractivity contribution < 1.29 is 4.74 Å². The van der Waals surface area contributed by atoms with Crippen molar-refractivity contribution in [1.82, 2.24) is 5.32 Å². The zero-order valence-corrected chi connectivity index (χ0v) is 11.3. The Labute approximate surface area is 108 Å². The Balaban J connectivity index is 2.25. The molecule has 1 saturated carbocycles. The number of likely N-dealkylation sites (N-methyl/N-ethyl adjacent to an activating group) is 1. The summed E-state index contributed by atoms with van der Waals surface area (Å²) in [6.45, 7) is 0. The van der Waals surface area contributed by atoms with Crippen LogP contribution in [0.1, 0.15) is 37.2 Å². The van der Waals surface area contributed by atoms with E-state index in [1.54, 1.807) is 7.11 Å². The molecule has 0 bridgehead atoms. The van der Waals surface area contributed by atoms with Crippen molar-refractivity contribution in [3.8, 4) is 5.75 Å². The van der Waals surface area contributed by atoms with Crippen molar-refractivity contribution in [1.29, 1.82) is 0 Å². The second-order valence-corrected chi connectivity index (χ2v) is 5.09. The van der Waals surface area contributed by atoms with E-state index >= 15 is 0 Å². The molecule has 2 nitrogen and oxygen atoms in total. The largest absolute Gasteiger partial charge is 0.495 e. The number of halogens is 1. The van der Waals surface area contributed by atoms with Gasteiger partial charge >= 0.3 is 0 Å². The molecule has 1 aliphatic carbocycles. The van der Waals surface area contributed by atoms with E-state index in [1.165, 1.54) is 31.2 Å². The third-order valence-electron chi connectivity index (χ3n) is 3.74. The maximum Gasteiger partial charge on any atom is 0.137 e. The van der Waals surface area contributed by atoms with Crippen LogP contribution < -0.4 is 10.1 Å². The lowest BCUT2D eigenvalue weighted by molar-refractivity contribution is 0.342. The Morgan fingerprint density at radius 3 is 2.76 bits per heavy atom. The van der Waals surface area contributed by atoms with Crippen LogP contribution in [0.3, 0.4) is 0 Å². The number of ether oxygens (including phenoxy) is 1. The monoisotopic (exact) mass is 253 g/mol. The Morgan fingerprint density at radius 1 is 1.29 bits per heavy atom. The fourth-order valence-electron chi connectivity index (χ4n) is 2.78. The minimum absolute atomic E-state index is 0.578. The van der Waals surface area contributed by atoms with Gasteiger partial charge in [0, 0.05) is 6.04 Å². The van der Waals surface area contributed by atoms with E-state index in [2.05, 4.69) is 24.5 Å². The van der Waals surface area contributed by atoms with Crippen LogP contribution in [0.25, 0.3) is 0 Å². The third kappa shape index (κ3) is 2.75. The maximum absolute atomic E-state index is 6.06. The van der Waals surface area contributed by atoms with Crippen LogP contribution in [0, 0.1) is 0 Å². The highest BCUT2D eigenvalue weighted by Crippen LogP contribution is 2.36. The van der Waals surface area contributed by atoms with Crippen molar-refractivity contribution >= 4 is 11.6 Å². The number of hydrogen-bond donors (Lipinski definition) is 1. The summed E-state index contributed by atoms with van der Waals surface area (Å²) in [5.74, 6) is 1.37. The lowest BCUT2D eigenvalue weighted by Gasteiger charge is -2.31. The van der Waals surface area contributed by atoms with Gasteiger partial charge in [-0.1, -0.05) is 30.5 Å². The minimum Gasteiger partial charge on any atom is -0.495 e. The summed E-state index contributed by atoms with van der Waals surface area (Å²) in [6.07, 6.45) is 5.14. The molecular weight excluding hydrogens is 234 g/mol. The number of nitrogens with one attached hydrogen (secondary N) is 1. The molecule has 94 valence electrons. The van der Waals surface area contributed by atoms with Gasteiger partial charge in [0.25, 0.3) is 0 Å². The first kappa shape index (κ1) is 12.7. The molecule has 2 unspecified atom stereocenters. The summed E-state index contributed by atoms with van der Waals surface area (Å²) in [5.41, 5.74) is 1.34. The first-order valence-electron chi connectivity index (χ1n) is 6.27. The first-order valence-corrected chi connectivity index (χ1v) is 6.64. The van der Waals surface area contributed by atoms with Crippen molar-refractivity contribution in [3.63, 3.8) is 0 Å². The second-order valence-electron chi connectivity index (χ2n) is 4.68. The van der Waals surface area contributed by atoms with Crippen LogP contribution in [0.2, 0.25) is 5.02 Å². The van der Waals surface area contributed by atoms with Gasteiger partial charge in [-0.2, -0.15) is 0 Å². The lowest BCUT2D eigenvalue weighted by atomic mass is 9.80. The van der Waals surface area contributed by atoms with Gasteiger partial charge in [-0.15, -0.1) is 0 Å². The van der Waals surface area contributed by atoms with E-state index in [-0.39, 0.29) is 0 Å². The zero-order chi connectivity index (χ0) is 12.3. The standard InChI is InChI=1S/C14H20ClNO/c1-16-13-6-4-3-5-11(13)10-7-8-12(15)14(9-10)17-2/h7-9,11,13,16H,3-6H2,1-2H3. The van der Waals surface area contributed by atoms with E-state index < -0.39 is 0 Å². The average molecular weight is 254 g/mol. The van der Waals surface area contributed by atoms with Gasteiger partial charge in [-0.25, -0.2) is 0 Å². The molecule has 1 fully saturated rings. The van der Waals surface area contributed by atoms with E-state index in [4.69, 9.17) is 16.3 Å². The summed E-state index contributed by atoms with van der Waals surface area (Å²) in [5, 5.41) is 4.12. The topological polar surface area (TPSA) is 21.3 Å². The molecule has 3 heteroatoms. The molecule has 0 aliphatic heterocycles. The molecule has 0 saturated heterocycles. The maximum atomic E-state index is 6.06. The predicted octanol–water partition coefficient (Wildman–Crippen LogP) is 3.59. The molecule has 0 amide bonds. The van der Waals surface area contributed by atoms with Crippen LogP contribution in [0.4, 0.5) is 0 Å². The molecular formula is C14H20ClNO. The highest BCUT2D eigenvalue weighted by Gasteiger charge is 2.25. The van der Waals surface area contributed by atoms with Gasteiger partial charge in [-0.3, -0.25) is 0 Å². The molecule has 1 aromatic rings. The van der Waals surface area contributed by atoms with E-state index in [0.717, 1.165) is 5.75 Å². The van der Waals surface area contributed by atoms with Crippen LogP contribution in [0.15, 0.2) is 18.2 Å². The van der Waals surface area contributed by atoms with Crippen LogP contribution in [-0.4, -0.2) is 20.2 Å². The molecule has 1 aliphatic rings. The van der Waals surface area contributed by atoms with Gasteiger partial charge in [-0.05, 0) is 43.5 Å². The molecule has 17 heavy (non-hydrogen) atoms. The Bertz CT molecular complexity index is 380.